The maximum atomic E-state index is 12.9. The van der Waals surface area contributed by atoms with Crippen molar-refractivity contribution in [2.24, 2.45) is 0 Å². The van der Waals surface area contributed by atoms with Crippen LogP contribution in [0.2, 0.25) is 0 Å². The molecule has 0 saturated heterocycles. The number of rotatable bonds is 4. The summed E-state index contributed by atoms with van der Waals surface area (Å²) >= 11 is 0. The normalized spacial score (nSPS) is 15.5. The van der Waals surface area contributed by atoms with E-state index in [2.05, 4.69) is 59.2 Å². The SMILES string of the molecule is Cc1cc(C(=O)Nc2ccc(C(C)C)cc2)nc(N2c3ccccc3CC2C)n1. The fourth-order valence-electron chi connectivity index (χ4n) is 3.79. The number of benzene rings is 2. The molecular formula is C24H26N4O. The maximum absolute atomic E-state index is 12.9. The Bertz CT molecular complexity index is 1040. The Kier molecular flexibility index (Phi) is 5.05. The number of nitrogens with one attached hydrogen (secondary N) is 1. The van der Waals surface area contributed by atoms with Gasteiger partial charge in [-0.3, -0.25) is 4.79 Å². The number of carbonyl (C=O) groups is 1. The number of anilines is 3. The lowest BCUT2D eigenvalue weighted by Crippen LogP contribution is -2.27. The molecule has 0 aliphatic carbocycles. The highest BCUT2D eigenvalue weighted by atomic mass is 16.1. The molecule has 1 aliphatic heterocycles. The van der Waals surface area contributed by atoms with E-state index in [4.69, 9.17) is 0 Å². The quantitative estimate of drug-likeness (QED) is 0.666. The number of para-hydroxylation sites is 1. The van der Waals surface area contributed by atoms with E-state index in [0.29, 0.717) is 17.6 Å². The fourth-order valence-corrected chi connectivity index (χ4v) is 3.79. The van der Waals surface area contributed by atoms with Crippen molar-refractivity contribution in [2.75, 3.05) is 10.2 Å². The molecule has 1 aliphatic rings. The standard InChI is InChI=1S/C24H26N4O/c1-15(2)18-9-11-20(12-10-18)26-23(29)21-13-16(3)25-24(27-21)28-17(4)14-19-7-5-6-8-22(19)28/h5-13,15,17H,14H2,1-4H3,(H,26,29). The van der Waals surface area contributed by atoms with Crippen LogP contribution in [-0.4, -0.2) is 21.9 Å². The summed E-state index contributed by atoms with van der Waals surface area (Å²) in [6.45, 7) is 8.35. The number of nitrogens with zero attached hydrogens (tertiary/aromatic N) is 3. The molecule has 1 amide bonds. The number of carbonyl (C=O) groups excluding carboxylic acids is 1. The number of aromatic nitrogens is 2. The van der Waals surface area contributed by atoms with E-state index in [1.54, 1.807) is 6.07 Å². The molecule has 0 radical (unpaired) electrons. The molecule has 4 rings (SSSR count). The van der Waals surface area contributed by atoms with Crippen molar-refractivity contribution in [3.63, 3.8) is 0 Å². The minimum absolute atomic E-state index is 0.228. The topological polar surface area (TPSA) is 58.1 Å². The molecule has 5 heteroatoms. The van der Waals surface area contributed by atoms with E-state index in [1.807, 2.05) is 37.3 Å². The molecule has 1 N–H and O–H groups in total. The Morgan fingerprint density at radius 1 is 1.10 bits per heavy atom. The van der Waals surface area contributed by atoms with Crippen LogP contribution in [-0.2, 0) is 6.42 Å². The Hall–Kier alpha value is -3.21. The predicted molar refractivity (Wildman–Crippen MR) is 117 cm³/mol. The van der Waals surface area contributed by atoms with Crippen LogP contribution in [0.3, 0.4) is 0 Å². The van der Waals surface area contributed by atoms with E-state index in [0.717, 1.165) is 23.5 Å². The van der Waals surface area contributed by atoms with Crippen LogP contribution >= 0.6 is 0 Å². The van der Waals surface area contributed by atoms with Crippen LogP contribution in [0, 0.1) is 6.92 Å². The molecule has 0 saturated carbocycles. The third-order valence-corrected chi connectivity index (χ3v) is 5.33. The molecule has 29 heavy (non-hydrogen) atoms. The van der Waals surface area contributed by atoms with Gasteiger partial charge >= 0.3 is 0 Å². The molecule has 0 fully saturated rings. The summed E-state index contributed by atoms with van der Waals surface area (Å²) in [6, 6.07) is 18.2. The highest BCUT2D eigenvalue weighted by Crippen LogP contribution is 2.36. The van der Waals surface area contributed by atoms with Crippen LogP contribution in [0.5, 0.6) is 0 Å². The van der Waals surface area contributed by atoms with Gasteiger partial charge in [0.2, 0.25) is 5.95 Å². The summed E-state index contributed by atoms with van der Waals surface area (Å²) in [5.74, 6) is 0.800. The number of fused-ring (bicyclic) bond motifs is 1. The van der Waals surface area contributed by atoms with E-state index < -0.39 is 0 Å². The van der Waals surface area contributed by atoms with Gasteiger partial charge in [0.15, 0.2) is 0 Å². The van der Waals surface area contributed by atoms with Crippen LogP contribution in [0.4, 0.5) is 17.3 Å². The summed E-state index contributed by atoms with van der Waals surface area (Å²) in [7, 11) is 0. The Morgan fingerprint density at radius 2 is 1.83 bits per heavy atom. The Morgan fingerprint density at radius 3 is 2.55 bits per heavy atom. The van der Waals surface area contributed by atoms with Gasteiger partial charge in [-0.15, -0.1) is 0 Å². The molecule has 3 aromatic rings. The maximum Gasteiger partial charge on any atom is 0.274 e. The fraction of sp³-hybridized carbons (Fsp3) is 0.292. The van der Waals surface area contributed by atoms with Crippen molar-refractivity contribution >= 4 is 23.2 Å². The zero-order chi connectivity index (χ0) is 20.5. The first-order valence-electron chi connectivity index (χ1n) is 10.1. The molecule has 1 atom stereocenters. The van der Waals surface area contributed by atoms with Gasteiger partial charge in [0.25, 0.3) is 5.91 Å². The minimum Gasteiger partial charge on any atom is -0.321 e. The number of aryl methyl sites for hydroxylation is 1. The number of amides is 1. The average Bonchev–Trinajstić information content (AvgIpc) is 3.03. The minimum atomic E-state index is -0.228. The van der Waals surface area contributed by atoms with E-state index in [9.17, 15) is 4.79 Å². The van der Waals surface area contributed by atoms with Crippen LogP contribution in [0.25, 0.3) is 0 Å². The molecule has 1 aromatic heterocycles. The summed E-state index contributed by atoms with van der Waals surface area (Å²) in [4.78, 5) is 24.2. The smallest absolute Gasteiger partial charge is 0.274 e. The van der Waals surface area contributed by atoms with Crippen LogP contribution in [0.15, 0.2) is 54.6 Å². The van der Waals surface area contributed by atoms with Gasteiger partial charge in [0, 0.05) is 23.1 Å². The van der Waals surface area contributed by atoms with Gasteiger partial charge in [0.05, 0.1) is 0 Å². The lowest BCUT2D eigenvalue weighted by Gasteiger charge is -2.23. The lowest BCUT2D eigenvalue weighted by molar-refractivity contribution is 0.102. The van der Waals surface area contributed by atoms with Crippen molar-refractivity contribution in [3.05, 3.63) is 77.1 Å². The van der Waals surface area contributed by atoms with Crippen molar-refractivity contribution < 1.29 is 4.79 Å². The van der Waals surface area contributed by atoms with Crippen molar-refractivity contribution in [1.82, 2.24) is 9.97 Å². The second-order valence-electron chi connectivity index (χ2n) is 7.98. The third kappa shape index (κ3) is 3.86. The lowest BCUT2D eigenvalue weighted by atomic mass is 10.0. The van der Waals surface area contributed by atoms with E-state index in [-0.39, 0.29) is 11.9 Å². The van der Waals surface area contributed by atoms with E-state index in [1.165, 1.54) is 11.1 Å². The summed E-state index contributed by atoms with van der Waals surface area (Å²) < 4.78 is 0. The van der Waals surface area contributed by atoms with Crippen LogP contribution < -0.4 is 10.2 Å². The number of hydrogen-bond acceptors (Lipinski definition) is 4. The number of hydrogen-bond donors (Lipinski definition) is 1. The predicted octanol–water partition coefficient (Wildman–Crippen LogP) is 5.24. The molecule has 0 bridgehead atoms. The second-order valence-corrected chi connectivity index (χ2v) is 7.98. The molecule has 2 aromatic carbocycles. The Labute approximate surface area is 171 Å². The van der Waals surface area contributed by atoms with Crippen LogP contribution in [0.1, 0.15) is 54.0 Å². The zero-order valence-corrected chi connectivity index (χ0v) is 17.3. The van der Waals surface area contributed by atoms with E-state index >= 15 is 0 Å². The van der Waals surface area contributed by atoms with Crippen molar-refractivity contribution in [2.45, 2.75) is 46.1 Å². The monoisotopic (exact) mass is 386 g/mol. The molecule has 2 heterocycles. The second kappa shape index (κ2) is 7.66. The Balaban J connectivity index is 1.61. The summed E-state index contributed by atoms with van der Waals surface area (Å²) in [5, 5.41) is 2.95. The summed E-state index contributed by atoms with van der Waals surface area (Å²) in [5.41, 5.74) is 5.54. The van der Waals surface area contributed by atoms with Crippen molar-refractivity contribution in [3.8, 4) is 0 Å². The van der Waals surface area contributed by atoms with Crippen molar-refractivity contribution in [1.29, 1.82) is 0 Å². The van der Waals surface area contributed by atoms with Gasteiger partial charge in [-0.05, 0) is 61.6 Å². The van der Waals surface area contributed by atoms with Gasteiger partial charge in [-0.1, -0.05) is 44.2 Å². The van der Waals surface area contributed by atoms with Gasteiger partial charge in [-0.2, -0.15) is 0 Å². The molecule has 5 nitrogen and oxygen atoms in total. The third-order valence-electron chi connectivity index (χ3n) is 5.33. The summed E-state index contributed by atoms with van der Waals surface area (Å²) in [6.07, 6.45) is 0.942. The molecule has 148 valence electrons. The molecule has 0 spiro atoms. The van der Waals surface area contributed by atoms with Gasteiger partial charge < -0.3 is 10.2 Å². The highest BCUT2D eigenvalue weighted by Gasteiger charge is 2.29. The first kappa shape index (κ1) is 19.1. The molecule has 1 unspecified atom stereocenters. The largest absolute Gasteiger partial charge is 0.321 e. The average molecular weight is 386 g/mol. The highest BCUT2D eigenvalue weighted by molar-refractivity contribution is 6.03. The molecular weight excluding hydrogens is 360 g/mol. The van der Waals surface area contributed by atoms with Gasteiger partial charge in [0.1, 0.15) is 5.69 Å². The first-order chi connectivity index (χ1) is 13.9. The van der Waals surface area contributed by atoms with Gasteiger partial charge in [-0.25, -0.2) is 9.97 Å². The zero-order valence-electron chi connectivity index (χ0n) is 17.3. The first-order valence-corrected chi connectivity index (χ1v) is 10.1.